The number of nitrogens with one attached hydrogen (secondary N) is 1. The molecule has 0 amide bonds. The Balaban J connectivity index is 1.77. The fourth-order valence-corrected chi connectivity index (χ4v) is 3.22. The van der Waals surface area contributed by atoms with Crippen molar-refractivity contribution in [2.45, 2.75) is 24.8 Å². The van der Waals surface area contributed by atoms with Crippen LogP contribution in [-0.2, 0) is 12.8 Å². The van der Waals surface area contributed by atoms with Gasteiger partial charge in [-0.3, -0.25) is 11.3 Å². The van der Waals surface area contributed by atoms with E-state index in [1.807, 2.05) is 18.2 Å². The van der Waals surface area contributed by atoms with E-state index in [2.05, 4.69) is 29.7 Å². The molecule has 0 radical (unpaired) electrons. The molecular weight excluding hydrogens is 291 g/mol. The minimum atomic E-state index is 0.210. The van der Waals surface area contributed by atoms with Crippen molar-refractivity contribution in [3.8, 4) is 0 Å². The lowest BCUT2D eigenvalue weighted by molar-refractivity contribution is 0.404. The lowest BCUT2D eigenvalue weighted by atomic mass is 9.72. The minimum Gasteiger partial charge on any atom is -0.271 e. The van der Waals surface area contributed by atoms with Crippen LogP contribution in [0, 0.1) is 0 Å². The SMILES string of the molecule is NNC(Cc1ccc(Cl)c(Cl)c1)C1Cc2ccccc21. The average Bonchev–Trinajstić information content (AvgIpc) is 2.43. The molecule has 0 aromatic heterocycles. The molecule has 3 N–H and O–H groups in total. The highest BCUT2D eigenvalue weighted by molar-refractivity contribution is 6.42. The van der Waals surface area contributed by atoms with E-state index in [1.165, 1.54) is 11.1 Å². The molecule has 0 heterocycles. The van der Waals surface area contributed by atoms with E-state index in [0.29, 0.717) is 16.0 Å². The van der Waals surface area contributed by atoms with Gasteiger partial charge >= 0.3 is 0 Å². The standard InChI is InChI=1S/C16H16Cl2N2/c17-14-6-5-10(7-15(14)18)8-16(20-19)13-9-11-3-1-2-4-12(11)13/h1-7,13,16,20H,8-9,19H2. The quantitative estimate of drug-likeness (QED) is 0.667. The maximum absolute atomic E-state index is 6.07. The number of fused-ring (bicyclic) bond motifs is 1. The van der Waals surface area contributed by atoms with Crippen LogP contribution in [0.5, 0.6) is 0 Å². The van der Waals surface area contributed by atoms with Gasteiger partial charge in [0.1, 0.15) is 0 Å². The van der Waals surface area contributed by atoms with Crippen LogP contribution in [0.15, 0.2) is 42.5 Å². The molecular formula is C16H16Cl2N2. The van der Waals surface area contributed by atoms with Crippen LogP contribution in [0.2, 0.25) is 10.0 Å². The topological polar surface area (TPSA) is 38.0 Å². The van der Waals surface area contributed by atoms with Gasteiger partial charge in [-0.15, -0.1) is 0 Å². The van der Waals surface area contributed by atoms with Gasteiger partial charge in [-0.1, -0.05) is 53.5 Å². The number of hydrogen-bond acceptors (Lipinski definition) is 2. The Bertz CT molecular complexity index is 628. The monoisotopic (exact) mass is 306 g/mol. The fraction of sp³-hybridized carbons (Fsp3) is 0.250. The van der Waals surface area contributed by atoms with E-state index in [0.717, 1.165) is 18.4 Å². The van der Waals surface area contributed by atoms with Crippen LogP contribution in [0.4, 0.5) is 0 Å². The van der Waals surface area contributed by atoms with Gasteiger partial charge in [0.15, 0.2) is 0 Å². The zero-order valence-corrected chi connectivity index (χ0v) is 12.5. The first-order valence-electron chi connectivity index (χ1n) is 6.67. The number of benzene rings is 2. The molecule has 0 bridgehead atoms. The molecule has 0 fully saturated rings. The summed E-state index contributed by atoms with van der Waals surface area (Å²) in [6.45, 7) is 0. The van der Waals surface area contributed by atoms with Crippen LogP contribution in [0.25, 0.3) is 0 Å². The molecule has 0 spiro atoms. The molecule has 4 heteroatoms. The highest BCUT2D eigenvalue weighted by Gasteiger charge is 2.32. The minimum absolute atomic E-state index is 0.210. The van der Waals surface area contributed by atoms with Crippen molar-refractivity contribution < 1.29 is 0 Å². The Morgan fingerprint density at radius 2 is 1.95 bits per heavy atom. The molecule has 0 saturated carbocycles. The third kappa shape index (κ3) is 2.57. The van der Waals surface area contributed by atoms with Crippen molar-refractivity contribution in [2.75, 3.05) is 0 Å². The fourth-order valence-electron chi connectivity index (χ4n) is 2.89. The first-order valence-corrected chi connectivity index (χ1v) is 7.42. The van der Waals surface area contributed by atoms with Crippen molar-refractivity contribution >= 4 is 23.2 Å². The number of hydrogen-bond donors (Lipinski definition) is 2. The normalized spacial score (nSPS) is 18.2. The average molecular weight is 307 g/mol. The van der Waals surface area contributed by atoms with Crippen molar-refractivity contribution in [3.05, 3.63) is 69.2 Å². The van der Waals surface area contributed by atoms with Crippen LogP contribution >= 0.6 is 23.2 Å². The summed E-state index contributed by atoms with van der Waals surface area (Å²) in [5, 5.41) is 1.18. The molecule has 0 aliphatic heterocycles. The smallest absolute Gasteiger partial charge is 0.0595 e. The summed E-state index contributed by atoms with van der Waals surface area (Å²) in [5.74, 6) is 6.21. The van der Waals surface area contributed by atoms with E-state index in [4.69, 9.17) is 29.0 Å². The third-order valence-electron chi connectivity index (χ3n) is 4.03. The molecule has 2 nitrogen and oxygen atoms in total. The van der Waals surface area contributed by atoms with Crippen LogP contribution in [0.3, 0.4) is 0 Å². The molecule has 20 heavy (non-hydrogen) atoms. The summed E-state index contributed by atoms with van der Waals surface area (Å²) in [4.78, 5) is 0. The summed E-state index contributed by atoms with van der Waals surface area (Å²) in [7, 11) is 0. The van der Waals surface area contributed by atoms with Gasteiger partial charge in [0, 0.05) is 12.0 Å². The van der Waals surface area contributed by atoms with Crippen molar-refractivity contribution in [3.63, 3.8) is 0 Å². The van der Waals surface area contributed by atoms with Crippen molar-refractivity contribution in [2.24, 2.45) is 5.84 Å². The summed E-state index contributed by atoms with van der Waals surface area (Å²) < 4.78 is 0. The zero-order chi connectivity index (χ0) is 14.1. The molecule has 104 valence electrons. The Hall–Kier alpha value is -1.06. The highest BCUT2D eigenvalue weighted by atomic mass is 35.5. The van der Waals surface area contributed by atoms with E-state index in [-0.39, 0.29) is 6.04 Å². The van der Waals surface area contributed by atoms with Gasteiger partial charge in [0.05, 0.1) is 10.0 Å². The molecule has 1 aliphatic carbocycles. The summed E-state index contributed by atoms with van der Waals surface area (Å²) in [5.41, 5.74) is 6.92. The summed E-state index contributed by atoms with van der Waals surface area (Å²) in [6, 6.07) is 14.5. The lowest BCUT2D eigenvalue weighted by Gasteiger charge is -2.36. The van der Waals surface area contributed by atoms with Crippen LogP contribution < -0.4 is 11.3 Å². The van der Waals surface area contributed by atoms with Gasteiger partial charge < -0.3 is 0 Å². The second-order valence-electron chi connectivity index (χ2n) is 5.24. The molecule has 2 unspecified atom stereocenters. The molecule has 3 rings (SSSR count). The number of halogens is 2. The number of nitrogens with two attached hydrogens (primary N) is 1. The highest BCUT2D eigenvalue weighted by Crippen LogP contribution is 2.38. The first-order chi connectivity index (χ1) is 9.69. The predicted octanol–water partition coefficient (Wildman–Crippen LogP) is 3.71. The molecule has 0 saturated heterocycles. The van der Waals surface area contributed by atoms with Gasteiger partial charge in [-0.2, -0.15) is 0 Å². The Morgan fingerprint density at radius 3 is 2.65 bits per heavy atom. The maximum atomic E-state index is 6.07. The van der Waals surface area contributed by atoms with E-state index < -0.39 is 0 Å². The molecule has 1 aliphatic rings. The third-order valence-corrected chi connectivity index (χ3v) is 4.77. The lowest BCUT2D eigenvalue weighted by Crippen LogP contribution is -2.45. The summed E-state index contributed by atoms with van der Waals surface area (Å²) >= 11 is 12.0. The van der Waals surface area contributed by atoms with Crippen LogP contribution in [0.1, 0.15) is 22.6 Å². The Morgan fingerprint density at radius 1 is 1.15 bits per heavy atom. The Kier molecular flexibility index (Phi) is 3.99. The second kappa shape index (κ2) is 5.74. The van der Waals surface area contributed by atoms with Crippen molar-refractivity contribution in [1.29, 1.82) is 0 Å². The maximum Gasteiger partial charge on any atom is 0.0595 e. The van der Waals surface area contributed by atoms with E-state index >= 15 is 0 Å². The zero-order valence-electron chi connectivity index (χ0n) is 10.9. The largest absolute Gasteiger partial charge is 0.271 e. The summed E-state index contributed by atoms with van der Waals surface area (Å²) in [6.07, 6.45) is 1.92. The second-order valence-corrected chi connectivity index (χ2v) is 6.05. The number of rotatable bonds is 4. The van der Waals surface area contributed by atoms with Crippen molar-refractivity contribution in [1.82, 2.24) is 5.43 Å². The molecule has 2 aromatic rings. The number of hydrazine groups is 1. The van der Waals surface area contributed by atoms with Gasteiger partial charge in [0.2, 0.25) is 0 Å². The first kappa shape index (κ1) is 13.9. The predicted molar refractivity (Wildman–Crippen MR) is 84.2 cm³/mol. The van der Waals surface area contributed by atoms with E-state index in [9.17, 15) is 0 Å². The molecule has 2 atom stereocenters. The molecule has 2 aromatic carbocycles. The van der Waals surface area contributed by atoms with Gasteiger partial charge in [-0.25, -0.2) is 0 Å². The van der Waals surface area contributed by atoms with Crippen LogP contribution in [-0.4, -0.2) is 6.04 Å². The van der Waals surface area contributed by atoms with Gasteiger partial charge in [0.25, 0.3) is 0 Å². The van der Waals surface area contributed by atoms with Gasteiger partial charge in [-0.05, 0) is 41.7 Å². The van der Waals surface area contributed by atoms with E-state index in [1.54, 1.807) is 0 Å². The Labute approximate surface area is 128 Å².